The molecule has 6 heteroatoms. The third-order valence-electron chi connectivity index (χ3n) is 4.63. The van der Waals surface area contributed by atoms with Crippen molar-refractivity contribution in [2.75, 3.05) is 12.4 Å². The van der Waals surface area contributed by atoms with Crippen molar-refractivity contribution in [1.82, 2.24) is 14.5 Å². The largest absolute Gasteiger partial charge is 0.497 e. The Balaban J connectivity index is 1.79. The second kappa shape index (κ2) is 6.55. The highest BCUT2D eigenvalue weighted by molar-refractivity contribution is 5.93. The summed E-state index contributed by atoms with van der Waals surface area (Å²) in [6, 6.07) is 11.6. The Kier molecular flexibility index (Phi) is 4.08. The zero-order valence-electron chi connectivity index (χ0n) is 15.0. The van der Waals surface area contributed by atoms with Gasteiger partial charge >= 0.3 is 0 Å². The predicted molar refractivity (Wildman–Crippen MR) is 101 cm³/mol. The molecule has 0 radical (unpaired) electrons. The number of hydrogen-bond donors (Lipinski definition) is 1. The van der Waals surface area contributed by atoms with Gasteiger partial charge in [0.1, 0.15) is 29.3 Å². The minimum Gasteiger partial charge on any atom is -0.497 e. The van der Waals surface area contributed by atoms with E-state index in [4.69, 9.17) is 9.15 Å². The van der Waals surface area contributed by atoms with E-state index >= 15 is 0 Å². The first-order valence-electron chi connectivity index (χ1n) is 8.41. The van der Waals surface area contributed by atoms with Gasteiger partial charge in [-0.3, -0.25) is 0 Å². The normalized spacial score (nSPS) is 11.0. The number of methoxy groups -OCH3 is 1. The van der Waals surface area contributed by atoms with Crippen molar-refractivity contribution in [3.63, 3.8) is 0 Å². The molecule has 0 aliphatic heterocycles. The van der Waals surface area contributed by atoms with Gasteiger partial charge in [0.25, 0.3) is 0 Å². The molecule has 0 aliphatic rings. The number of furan rings is 1. The molecule has 0 atom stereocenters. The molecule has 0 bridgehead atoms. The number of anilines is 2. The number of benzene rings is 1. The number of hydrogen-bond acceptors (Lipinski definition) is 5. The average Bonchev–Trinajstić information content (AvgIpc) is 3.26. The third kappa shape index (κ3) is 2.79. The summed E-state index contributed by atoms with van der Waals surface area (Å²) in [6.07, 6.45) is 3.27. The Bertz CT molecular complexity index is 1050. The number of rotatable bonds is 5. The number of ether oxygens (including phenoxy) is 1. The summed E-state index contributed by atoms with van der Waals surface area (Å²) in [5, 5.41) is 4.41. The van der Waals surface area contributed by atoms with Gasteiger partial charge in [-0.15, -0.1) is 0 Å². The fourth-order valence-electron chi connectivity index (χ4n) is 3.15. The molecule has 1 aromatic carbocycles. The smallest absolute Gasteiger partial charge is 0.146 e. The summed E-state index contributed by atoms with van der Waals surface area (Å²) >= 11 is 0. The minimum absolute atomic E-state index is 0.638. The standard InChI is InChI=1S/C20H20N4O2/c1-13-14(2)24(11-17-8-5-9-26-17)20-18(13)19(21-12-22-20)23-15-6-4-7-16(10-15)25-3/h4-10,12H,11H2,1-3H3,(H,21,22,23). The molecule has 4 aromatic rings. The van der Waals surface area contributed by atoms with Gasteiger partial charge in [-0.05, 0) is 43.7 Å². The highest BCUT2D eigenvalue weighted by Gasteiger charge is 2.17. The van der Waals surface area contributed by atoms with E-state index in [0.717, 1.165) is 45.3 Å². The molecule has 4 rings (SSSR count). The molecule has 1 N–H and O–H groups in total. The van der Waals surface area contributed by atoms with Gasteiger partial charge in [-0.2, -0.15) is 0 Å². The molecular formula is C20H20N4O2. The lowest BCUT2D eigenvalue weighted by Gasteiger charge is -2.09. The summed E-state index contributed by atoms with van der Waals surface area (Å²) in [7, 11) is 1.66. The van der Waals surface area contributed by atoms with Crippen molar-refractivity contribution in [3.8, 4) is 5.75 Å². The fourth-order valence-corrected chi connectivity index (χ4v) is 3.15. The maximum Gasteiger partial charge on any atom is 0.146 e. The van der Waals surface area contributed by atoms with E-state index < -0.39 is 0 Å². The van der Waals surface area contributed by atoms with E-state index in [1.165, 1.54) is 0 Å². The van der Waals surface area contributed by atoms with Gasteiger partial charge in [0, 0.05) is 17.4 Å². The molecule has 0 unspecified atom stereocenters. The van der Waals surface area contributed by atoms with Gasteiger partial charge in [-0.25, -0.2) is 9.97 Å². The van der Waals surface area contributed by atoms with Crippen molar-refractivity contribution in [1.29, 1.82) is 0 Å². The summed E-state index contributed by atoms with van der Waals surface area (Å²) in [5.74, 6) is 2.47. The lowest BCUT2D eigenvalue weighted by Crippen LogP contribution is -2.02. The molecule has 26 heavy (non-hydrogen) atoms. The van der Waals surface area contributed by atoms with E-state index in [2.05, 4.69) is 33.7 Å². The van der Waals surface area contributed by atoms with E-state index in [1.807, 2.05) is 36.4 Å². The molecule has 0 amide bonds. The minimum atomic E-state index is 0.638. The van der Waals surface area contributed by atoms with Gasteiger partial charge in [0.2, 0.25) is 0 Å². The van der Waals surface area contributed by atoms with Crippen LogP contribution in [0, 0.1) is 13.8 Å². The maximum atomic E-state index is 5.51. The molecule has 0 saturated carbocycles. The Morgan fingerprint density at radius 2 is 2.04 bits per heavy atom. The fraction of sp³-hybridized carbons (Fsp3) is 0.200. The lowest BCUT2D eigenvalue weighted by molar-refractivity contribution is 0.415. The molecular weight excluding hydrogens is 328 g/mol. The van der Waals surface area contributed by atoms with Crippen LogP contribution in [0.25, 0.3) is 11.0 Å². The lowest BCUT2D eigenvalue weighted by atomic mass is 10.2. The third-order valence-corrected chi connectivity index (χ3v) is 4.63. The Morgan fingerprint density at radius 1 is 1.15 bits per heavy atom. The summed E-state index contributed by atoms with van der Waals surface area (Å²) in [4.78, 5) is 9.00. The van der Waals surface area contributed by atoms with Crippen molar-refractivity contribution < 1.29 is 9.15 Å². The van der Waals surface area contributed by atoms with Crippen molar-refractivity contribution in [3.05, 3.63) is 66.0 Å². The number of fused-ring (bicyclic) bond motifs is 1. The Morgan fingerprint density at radius 3 is 2.81 bits per heavy atom. The monoisotopic (exact) mass is 348 g/mol. The summed E-state index contributed by atoms with van der Waals surface area (Å²) < 4.78 is 13.0. The van der Waals surface area contributed by atoms with Crippen LogP contribution in [0.2, 0.25) is 0 Å². The number of nitrogens with zero attached hydrogens (tertiary/aromatic N) is 3. The van der Waals surface area contributed by atoms with Crippen LogP contribution in [0.15, 0.2) is 53.4 Å². The average molecular weight is 348 g/mol. The van der Waals surface area contributed by atoms with Crippen molar-refractivity contribution in [2.45, 2.75) is 20.4 Å². The number of aromatic nitrogens is 3. The van der Waals surface area contributed by atoms with Crippen LogP contribution in [-0.2, 0) is 6.54 Å². The molecule has 0 spiro atoms. The van der Waals surface area contributed by atoms with Crippen LogP contribution < -0.4 is 10.1 Å². The summed E-state index contributed by atoms with van der Waals surface area (Å²) in [6.45, 7) is 4.82. The molecule has 6 nitrogen and oxygen atoms in total. The number of nitrogens with one attached hydrogen (secondary N) is 1. The quantitative estimate of drug-likeness (QED) is 0.577. The van der Waals surface area contributed by atoms with Gasteiger partial charge < -0.3 is 19.0 Å². The van der Waals surface area contributed by atoms with E-state index in [-0.39, 0.29) is 0 Å². The van der Waals surface area contributed by atoms with Crippen LogP contribution in [0.4, 0.5) is 11.5 Å². The molecule has 0 saturated heterocycles. The van der Waals surface area contributed by atoms with Crippen molar-refractivity contribution in [2.24, 2.45) is 0 Å². The first-order chi connectivity index (χ1) is 12.7. The Hall–Kier alpha value is -3.28. The van der Waals surface area contributed by atoms with E-state index in [1.54, 1.807) is 19.7 Å². The van der Waals surface area contributed by atoms with Crippen LogP contribution >= 0.6 is 0 Å². The number of aryl methyl sites for hydroxylation is 1. The van der Waals surface area contributed by atoms with Crippen LogP contribution in [0.1, 0.15) is 17.0 Å². The van der Waals surface area contributed by atoms with Crippen LogP contribution in [-0.4, -0.2) is 21.6 Å². The highest BCUT2D eigenvalue weighted by atomic mass is 16.5. The maximum absolute atomic E-state index is 5.51. The molecule has 132 valence electrons. The molecule has 3 heterocycles. The predicted octanol–water partition coefficient (Wildman–Crippen LogP) is 4.44. The highest BCUT2D eigenvalue weighted by Crippen LogP contribution is 2.31. The molecule has 0 aliphatic carbocycles. The molecule has 3 aromatic heterocycles. The van der Waals surface area contributed by atoms with Gasteiger partial charge in [0.15, 0.2) is 0 Å². The van der Waals surface area contributed by atoms with E-state index in [0.29, 0.717) is 6.54 Å². The zero-order chi connectivity index (χ0) is 18.1. The van der Waals surface area contributed by atoms with Crippen LogP contribution in [0.3, 0.4) is 0 Å². The first kappa shape index (κ1) is 16.2. The first-order valence-corrected chi connectivity index (χ1v) is 8.41. The van der Waals surface area contributed by atoms with Crippen molar-refractivity contribution >= 4 is 22.5 Å². The van der Waals surface area contributed by atoms with E-state index in [9.17, 15) is 0 Å². The topological polar surface area (TPSA) is 65.1 Å². The second-order valence-corrected chi connectivity index (χ2v) is 6.15. The SMILES string of the molecule is COc1cccc(Nc2ncnc3c2c(C)c(C)n3Cc2ccco2)c1. The van der Waals surface area contributed by atoms with Gasteiger partial charge in [-0.1, -0.05) is 6.07 Å². The zero-order valence-corrected chi connectivity index (χ0v) is 15.0. The molecule has 0 fully saturated rings. The van der Waals surface area contributed by atoms with Gasteiger partial charge in [0.05, 0.1) is 25.3 Å². The Labute approximate surface area is 151 Å². The second-order valence-electron chi connectivity index (χ2n) is 6.15. The van der Waals surface area contributed by atoms with Crippen LogP contribution in [0.5, 0.6) is 5.75 Å². The summed E-state index contributed by atoms with van der Waals surface area (Å²) in [5.41, 5.74) is 4.10.